The summed E-state index contributed by atoms with van der Waals surface area (Å²) in [5, 5.41) is 9.11. The molecule has 0 aromatic heterocycles. The van der Waals surface area contributed by atoms with E-state index in [2.05, 4.69) is 6.58 Å². The van der Waals surface area contributed by atoms with Gasteiger partial charge in [0, 0.05) is 0 Å². The van der Waals surface area contributed by atoms with Gasteiger partial charge in [-0.25, -0.2) is 4.39 Å². The van der Waals surface area contributed by atoms with Crippen LogP contribution in [0.5, 0.6) is 0 Å². The van der Waals surface area contributed by atoms with Crippen LogP contribution in [0.2, 0.25) is 0 Å². The number of rotatable bonds is 1. The zero-order chi connectivity index (χ0) is 5.15. The van der Waals surface area contributed by atoms with Gasteiger partial charge in [0.15, 0.2) is 0 Å². The fraction of sp³-hybridized carbons (Fsp3) is 0. The van der Waals surface area contributed by atoms with Gasteiger partial charge in [-0.3, -0.25) is 0 Å². The largest absolute Gasteiger partial charge is 0.542 e. The third kappa shape index (κ3) is 1.46. The van der Waals surface area contributed by atoms with E-state index in [0.29, 0.717) is 0 Å². The average molecular weight is 89.0 g/mol. The van der Waals surface area contributed by atoms with E-state index in [0.717, 1.165) is 0 Å². The SMILES string of the molecule is C=C(F)C(=O)[O-]. The van der Waals surface area contributed by atoms with Crippen LogP contribution < -0.4 is 5.11 Å². The van der Waals surface area contributed by atoms with Crippen molar-refractivity contribution in [2.75, 3.05) is 0 Å². The number of carbonyl (C=O) groups is 1. The van der Waals surface area contributed by atoms with Crippen LogP contribution in [0.4, 0.5) is 4.39 Å². The van der Waals surface area contributed by atoms with Gasteiger partial charge >= 0.3 is 0 Å². The lowest BCUT2D eigenvalue weighted by Gasteiger charge is -1.88. The highest BCUT2D eigenvalue weighted by Gasteiger charge is 1.82. The van der Waals surface area contributed by atoms with Crippen LogP contribution in [0.1, 0.15) is 0 Å². The van der Waals surface area contributed by atoms with Gasteiger partial charge in [0.25, 0.3) is 0 Å². The number of carbonyl (C=O) groups excluding carboxylic acids is 1. The van der Waals surface area contributed by atoms with Crippen LogP contribution in [-0.4, -0.2) is 5.97 Å². The van der Waals surface area contributed by atoms with Gasteiger partial charge < -0.3 is 9.90 Å². The standard InChI is InChI=1S/C3H3FO2/c1-2(4)3(5)6/h1H2,(H,5,6)/p-1. The summed E-state index contributed by atoms with van der Waals surface area (Å²) in [6, 6.07) is 0. The zero-order valence-electron chi connectivity index (χ0n) is 2.90. The molecule has 0 aliphatic carbocycles. The summed E-state index contributed by atoms with van der Waals surface area (Å²) in [7, 11) is 0. The molecule has 0 radical (unpaired) electrons. The minimum atomic E-state index is -1.85. The fourth-order valence-corrected chi connectivity index (χ4v) is 0. The normalized spacial score (nSPS) is 7.50. The van der Waals surface area contributed by atoms with E-state index in [1.807, 2.05) is 0 Å². The molecule has 0 N–H and O–H groups in total. The second-order valence-corrected chi connectivity index (χ2v) is 0.692. The first kappa shape index (κ1) is 5.14. The average Bonchev–Trinajstić information content (AvgIpc) is 1.36. The molecule has 0 unspecified atom stereocenters. The molecule has 3 heteroatoms. The molecule has 0 aliphatic rings. The fourth-order valence-electron chi connectivity index (χ4n) is 0. The Balaban J connectivity index is 3.57. The van der Waals surface area contributed by atoms with Gasteiger partial charge in [0.2, 0.25) is 0 Å². The summed E-state index contributed by atoms with van der Waals surface area (Å²) in [6.45, 7) is 2.43. The van der Waals surface area contributed by atoms with E-state index in [9.17, 15) is 4.39 Å². The molecule has 2 nitrogen and oxygen atoms in total. The lowest BCUT2D eigenvalue weighted by molar-refractivity contribution is -0.301. The molecule has 34 valence electrons. The van der Waals surface area contributed by atoms with E-state index in [1.165, 1.54) is 0 Å². The first-order valence-corrected chi connectivity index (χ1v) is 1.20. The van der Waals surface area contributed by atoms with Crippen LogP contribution in [0.3, 0.4) is 0 Å². The molecule has 0 rings (SSSR count). The summed E-state index contributed by atoms with van der Waals surface area (Å²) in [6.07, 6.45) is 0. The predicted octanol–water partition coefficient (Wildman–Crippen LogP) is -0.781. The van der Waals surface area contributed by atoms with Crippen molar-refractivity contribution in [2.45, 2.75) is 0 Å². The summed E-state index contributed by atoms with van der Waals surface area (Å²) in [5.41, 5.74) is 0. The molecule has 0 saturated heterocycles. The number of carboxylic acids is 1. The van der Waals surface area contributed by atoms with Crippen molar-refractivity contribution in [3.8, 4) is 0 Å². The number of hydrogen-bond acceptors (Lipinski definition) is 2. The maximum atomic E-state index is 11.0. The van der Waals surface area contributed by atoms with Gasteiger partial charge in [-0.2, -0.15) is 0 Å². The van der Waals surface area contributed by atoms with E-state index in [4.69, 9.17) is 9.90 Å². The highest BCUT2D eigenvalue weighted by molar-refractivity contribution is 5.80. The molecule has 0 saturated carbocycles. The molecule has 6 heavy (non-hydrogen) atoms. The Morgan fingerprint density at radius 3 is 2.00 bits per heavy atom. The summed E-state index contributed by atoms with van der Waals surface area (Å²) >= 11 is 0. The molecule has 0 spiro atoms. The predicted molar refractivity (Wildman–Crippen MR) is 15.3 cm³/mol. The van der Waals surface area contributed by atoms with Crippen LogP contribution in [0, 0.1) is 0 Å². The van der Waals surface area contributed by atoms with Gasteiger partial charge in [-0.05, 0) is 0 Å². The number of halogens is 1. The molecule has 0 amide bonds. The molecule has 0 atom stereocenters. The van der Waals surface area contributed by atoms with Crippen LogP contribution in [0.15, 0.2) is 12.4 Å². The van der Waals surface area contributed by atoms with Crippen molar-refractivity contribution < 1.29 is 14.3 Å². The van der Waals surface area contributed by atoms with Gasteiger partial charge in [0.05, 0.1) is 5.97 Å². The second kappa shape index (κ2) is 1.55. The lowest BCUT2D eigenvalue weighted by Crippen LogP contribution is -2.21. The van der Waals surface area contributed by atoms with Crippen molar-refractivity contribution in [3.05, 3.63) is 12.4 Å². The first-order valence-electron chi connectivity index (χ1n) is 1.20. The number of hydrogen-bond donors (Lipinski definition) is 0. The van der Waals surface area contributed by atoms with E-state index < -0.39 is 11.8 Å². The topological polar surface area (TPSA) is 40.1 Å². The highest BCUT2D eigenvalue weighted by Crippen LogP contribution is 1.82. The van der Waals surface area contributed by atoms with Crippen molar-refractivity contribution in [1.29, 1.82) is 0 Å². The second-order valence-electron chi connectivity index (χ2n) is 0.692. The molecule has 0 aliphatic heterocycles. The Hall–Kier alpha value is -0.860. The van der Waals surface area contributed by atoms with Crippen molar-refractivity contribution in [2.24, 2.45) is 0 Å². The van der Waals surface area contributed by atoms with Gasteiger partial charge in [-0.1, -0.05) is 6.58 Å². The van der Waals surface area contributed by atoms with Crippen molar-refractivity contribution in [3.63, 3.8) is 0 Å². The zero-order valence-corrected chi connectivity index (χ0v) is 2.90. The smallest absolute Gasteiger partial charge is 0.138 e. The van der Waals surface area contributed by atoms with Crippen LogP contribution in [0.25, 0.3) is 0 Å². The molecule has 0 aromatic carbocycles. The summed E-state index contributed by atoms with van der Waals surface area (Å²) < 4.78 is 11.0. The number of carboxylic acid groups (broad SMARTS) is 1. The quantitative estimate of drug-likeness (QED) is 0.395. The summed E-state index contributed by atoms with van der Waals surface area (Å²) in [4.78, 5) is 9.11. The Labute approximate surface area is 33.9 Å². The first-order chi connectivity index (χ1) is 2.64. The Morgan fingerprint density at radius 2 is 2.00 bits per heavy atom. The van der Waals surface area contributed by atoms with Crippen molar-refractivity contribution in [1.82, 2.24) is 0 Å². The van der Waals surface area contributed by atoms with Gasteiger partial charge in [-0.15, -0.1) is 0 Å². The Kier molecular flexibility index (Phi) is 1.32. The minimum Gasteiger partial charge on any atom is -0.542 e. The molecular weight excluding hydrogens is 87.0 g/mol. The van der Waals surface area contributed by atoms with E-state index in [1.54, 1.807) is 0 Å². The molecular formula is C3H2FO2-. The Bertz CT molecular complexity index is 74.8. The van der Waals surface area contributed by atoms with Crippen molar-refractivity contribution >= 4 is 5.97 Å². The third-order valence-corrected chi connectivity index (χ3v) is 0.221. The minimum absolute atomic E-state index is 1.44. The third-order valence-electron chi connectivity index (χ3n) is 0.221. The van der Waals surface area contributed by atoms with Crippen LogP contribution >= 0.6 is 0 Å². The maximum absolute atomic E-state index is 11.0. The highest BCUT2D eigenvalue weighted by atomic mass is 19.1. The Morgan fingerprint density at radius 1 is 1.83 bits per heavy atom. The van der Waals surface area contributed by atoms with Gasteiger partial charge in [0.1, 0.15) is 5.83 Å². The monoisotopic (exact) mass is 89.0 g/mol. The molecule has 0 bridgehead atoms. The molecule has 0 fully saturated rings. The lowest BCUT2D eigenvalue weighted by atomic mass is 10.6. The molecule has 0 heterocycles. The van der Waals surface area contributed by atoms with E-state index >= 15 is 0 Å². The molecule has 0 aromatic rings. The maximum Gasteiger partial charge on any atom is 0.138 e. The van der Waals surface area contributed by atoms with Crippen LogP contribution in [-0.2, 0) is 4.79 Å². The van der Waals surface area contributed by atoms with E-state index in [-0.39, 0.29) is 0 Å². The summed E-state index contributed by atoms with van der Waals surface area (Å²) in [5.74, 6) is -3.29. The number of aliphatic carboxylic acids is 1.